The van der Waals surface area contributed by atoms with Gasteiger partial charge in [-0.15, -0.1) is 0 Å². The van der Waals surface area contributed by atoms with Crippen molar-refractivity contribution in [2.24, 2.45) is 5.92 Å². The zero-order valence-corrected chi connectivity index (χ0v) is 6.99. The fraction of sp³-hybridized carbons (Fsp3) is 0.625. The van der Waals surface area contributed by atoms with Gasteiger partial charge in [-0.05, 0) is 12.8 Å². The minimum atomic E-state index is -0.891. The maximum absolute atomic E-state index is 10.9. The van der Waals surface area contributed by atoms with Crippen molar-refractivity contribution in [3.05, 3.63) is 0 Å². The van der Waals surface area contributed by atoms with Crippen molar-refractivity contribution in [2.45, 2.75) is 25.7 Å². The molecule has 0 aromatic rings. The van der Waals surface area contributed by atoms with Crippen molar-refractivity contribution >= 4 is 17.9 Å². The highest BCUT2D eigenvalue weighted by molar-refractivity contribution is 5.94. The lowest BCUT2D eigenvalue weighted by Crippen LogP contribution is -2.08. The van der Waals surface area contributed by atoms with Gasteiger partial charge in [0, 0.05) is 6.42 Å². The lowest BCUT2D eigenvalue weighted by atomic mass is 10.0. The van der Waals surface area contributed by atoms with Crippen LogP contribution < -0.4 is 0 Å². The second kappa shape index (κ2) is 4.02. The number of carbonyl (C=O) groups is 3. The molecule has 0 radical (unpaired) electrons. The second-order valence-corrected chi connectivity index (χ2v) is 2.98. The first kappa shape index (κ1) is 9.70. The molecule has 1 fully saturated rings. The van der Waals surface area contributed by atoms with E-state index in [1.54, 1.807) is 0 Å². The first-order valence-electron chi connectivity index (χ1n) is 4.06. The van der Waals surface area contributed by atoms with Gasteiger partial charge in [0.2, 0.25) is 0 Å². The van der Waals surface area contributed by atoms with Gasteiger partial charge in [0.1, 0.15) is 0 Å². The van der Waals surface area contributed by atoms with Crippen molar-refractivity contribution in [1.82, 2.24) is 0 Å². The molecular weight excluding hydrogens is 176 g/mol. The van der Waals surface area contributed by atoms with E-state index >= 15 is 0 Å². The molecule has 13 heavy (non-hydrogen) atoms. The summed E-state index contributed by atoms with van der Waals surface area (Å²) in [5.74, 6) is -2.34. The van der Waals surface area contributed by atoms with Gasteiger partial charge in [0.05, 0.1) is 12.3 Å². The Bertz CT molecular complexity index is 245. The number of carboxylic acid groups (broad SMARTS) is 1. The van der Waals surface area contributed by atoms with E-state index in [2.05, 4.69) is 4.74 Å². The van der Waals surface area contributed by atoms with Crippen LogP contribution in [0.2, 0.25) is 0 Å². The average molecular weight is 186 g/mol. The topological polar surface area (TPSA) is 80.7 Å². The van der Waals surface area contributed by atoms with Crippen molar-refractivity contribution in [3.63, 3.8) is 0 Å². The number of esters is 2. The molecule has 0 amide bonds. The van der Waals surface area contributed by atoms with E-state index in [9.17, 15) is 14.4 Å². The molecule has 1 rings (SSSR count). The van der Waals surface area contributed by atoms with Crippen LogP contribution in [-0.2, 0) is 19.1 Å². The molecule has 1 aliphatic heterocycles. The molecule has 0 aliphatic carbocycles. The second-order valence-electron chi connectivity index (χ2n) is 2.98. The van der Waals surface area contributed by atoms with Crippen LogP contribution in [0.3, 0.4) is 0 Å². The third-order valence-electron chi connectivity index (χ3n) is 1.90. The summed E-state index contributed by atoms with van der Waals surface area (Å²) in [5, 5.41) is 8.32. The first-order chi connectivity index (χ1) is 6.09. The monoisotopic (exact) mass is 186 g/mol. The fourth-order valence-electron chi connectivity index (χ4n) is 1.24. The predicted molar refractivity (Wildman–Crippen MR) is 40.7 cm³/mol. The lowest BCUT2D eigenvalue weighted by molar-refractivity contribution is -0.153. The molecule has 1 aliphatic rings. The average Bonchev–Trinajstić information content (AvgIpc) is 2.29. The van der Waals surface area contributed by atoms with E-state index in [1.807, 2.05) is 0 Å². The van der Waals surface area contributed by atoms with Crippen LogP contribution in [-0.4, -0.2) is 23.0 Å². The first-order valence-corrected chi connectivity index (χ1v) is 4.06. The van der Waals surface area contributed by atoms with E-state index < -0.39 is 23.8 Å². The molecule has 1 heterocycles. The Morgan fingerprint density at radius 3 is 2.69 bits per heavy atom. The third kappa shape index (κ3) is 2.85. The Kier molecular flexibility index (Phi) is 3.00. The normalized spacial score (nSPS) is 21.7. The van der Waals surface area contributed by atoms with Gasteiger partial charge in [0.25, 0.3) is 0 Å². The van der Waals surface area contributed by atoms with Gasteiger partial charge in [-0.2, -0.15) is 0 Å². The molecule has 0 aromatic carbocycles. The zero-order chi connectivity index (χ0) is 9.84. The third-order valence-corrected chi connectivity index (χ3v) is 1.90. The Labute approximate surface area is 74.7 Å². The molecule has 0 aromatic heterocycles. The highest BCUT2D eigenvalue weighted by atomic mass is 16.6. The molecule has 0 spiro atoms. The summed E-state index contributed by atoms with van der Waals surface area (Å²) in [7, 11) is 0. The smallest absolute Gasteiger partial charge is 0.317 e. The predicted octanol–water partition coefficient (Wildman–Crippen LogP) is 0.331. The maximum atomic E-state index is 10.9. The van der Waals surface area contributed by atoms with Crippen molar-refractivity contribution in [3.8, 4) is 0 Å². The lowest BCUT2D eigenvalue weighted by Gasteiger charge is -2.00. The highest BCUT2D eigenvalue weighted by Crippen LogP contribution is 2.21. The van der Waals surface area contributed by atoms with E-state index in [0.717, 1.165) is 0 Å². The number of hydrogen-bond donors (Lipinski definition) is 1. The minimum Gasteiger partial charge on any atom is -0.481 e. The Morgan fingerprint density at radius 2 is 2.23 bits per heavy atom. The fourth-order valence-corrected chi connectivity index (χ4v) is 1.24. The van der Waals surface area contributed by atoms with Crippen LogP contribution in [0.15, 0.2) is 0 Å². The van der Waals surface area contributed by atoms with E-state index in [0.29, 0.717) is 12.8 Å². The number of rotatable bonds is 4. The largest absolute Gasteiger partial charge is 0.481 e. The summed E-state index contributed by atoms with van der Waals surface area (Å²) in [5.41, 5.74) is 0. The molecule has 5 nitrogen and oxygen atoms in total. The minimum absolute atomic E-state index is 0.0258. The van der Waals surface area contributed by atoms with Gasteiger partial charge in [-0.3, -0.25) is 14.4 Å². The Morgan fingerprint density at radius 1 is 1.54 bits per heavy atom. The highest BCUT2D eigenvalue weighted by Gasteiger charge is 2.32. The summed E-state index contributed by atoms with van der Waals surface area (Å²) in [6, 6.07) is 0. The van der Waals surface area contributed by atoms with Gasteiger partial charge >= 0.3 is 17.9 Å². The summed E-state index contributed by atoms with van der Waals surface area (Å²) >= 11 is 0. The Balaban J connectivity index is 2.26. The van der Waals surface area contributed by atoms with Gasteiger partial charge < -0.3 is 9.84 Å². The quantitative estimate of drug-likeness (QED) is 0.505. The molecule has 1 saturated heterocycles. The van der Waals surface area contributed by atoms with E-state index in [-0.39, 0.29) is 12.8 Å². The van der Waals surface area contributed by atoms with Crippen LogP contribution in [0, 0.1) is 5.92 Å². The van der Waals surface area contributed by atoms with Crippen LogP contribution in [0.25, 0.3) is 0 Å². The summed E-state index contributed by atoms with van der Waals surface area (Å²) in [6.07, 6.45) is 0.940. The number of cyclic esters (lactones) is 2. The summed E-state index contributed by atoms with van der Waals surface area (Å²) < 4.78 is 4.31. The van der Waals surface area contributed by atoms with Crippen molar-refractivity contribution in [2.75, 3.05) is 0 Å². The molecule has 1 N–H and O–H groups in total. The molecule has 5 heteroatoms. The number of ether oxygens (including phenoxy) is 1. The number of carboxylic acids is 1. The SMILES string of the molecule is O=C(O)CCC[C@H]1CC(=O)OC1=O. The van der Waals surface area contributed by atoms with Crippen LogP contribution >= 0.6 is 0 Å². The van der Waals surface area contributed by atoms with Gasteiger partial charge in [0.15, 0.2) is 0 Å². The molecule has 0 saturated carbocycles. The van der Waals surface area contributed by atoms with Crippen molar-refractivity contribution < 1.29 is 24.2 Å². The number of aliphatic carboxylic acids is 1. The summed E-state index contributed by atoms with van der Waals surface area (Å²) in [6.45, 7) is 0. The van der Waals surface area contributed by atoms with Gasteiger partial charge in [-0.1, -0.05) is 0 Å². The number of carbonyl (C=O) groups excluding carboxylic acids is 2. The standard InChI is InChI=1S/C8H10O5/c9-6(10)3-1-2-5-4-7(11)13-8(5)12/h5H,1-4H2,(H,9,10)/t5-/m0/s1. The maximum Gasteiger partial charge on any atom is 0.317 e. The molecular formula is C8H10O5. The van der Waals surface area contributed by atoms with Crippen LogP contribution in [0.1, 0.15) is 25.7 Å². The van der Waals surface area contributed by atoms with Crippen LogP contribution in [0.4, 0.5) is 0 Å². The Hall–Kier alpha value is -1.39. The molecule has 0 bridgehead atoms. The van der Waals surface area contributed by atoms with E-state index in [4.69, 9.17) is 5.11 Å². The van der Waals surface area contributed by atoms with Crippen molar-refractivity contribution in [1.29, 1.82) is 0 Å². The molecule has 0 unspecified atom stereocenters. The van der Waals surface area contributed by atoms with Gasteiger partial charge in [-0.25, -0.2) is 0 Å². The molecule has 1 atom stereocenters. The zero-order valence-electron chi connectivity index (χ0n) is 6.99. The summed E-state index contributed by atoms with van der Waals surface area (Å²) in [4.78, 5) is 31.6. The van der Waals surface area contributed by atoms with E-state index in [1.165, 1.54) is 0 Å². The molecule has 72 valence electrons. The van der Waals surface area contributed by atoms with Crippen LogP contribution in [0.5, 0.6) is 0 Å². The number of hydrogen-bond acceptors (Lipinski definition) is 4.